The zero-order valence-electron chi connectivity index (χ0n) is 15.0. The van der Waals surface area contributed by atoms with Gasteiger partial charge in [0.15, 0.2) is 6.29 Å². The van der Waals surface area contributed by atoms with Gasteiger partial charge >= 0.3 is 5.97 Å². The molecule has 0 aromatic rings. The molecule has 0 unspecified atom stereocenters. The third-order valence-electron chi connectivity index (χ3n) is 5.64. The molecule has 2 aliphatic heterocycles. The molecule has 1 aliphatic carbocycles. The van der Waals surface area contributed by atoms with E-state index in [0.717, 1.165) is 0 Å². The van der Waals surface area contributed by atoms with Crippen LogP contribution >= 0.6 is 0 Å². The summed E-state index contributed by atoms with van der Waals surface area (Å²) in [4.78, 5) is 12.0. The number of carbonyl (C=O) groups is 1. The second-order valence-corrected chi connectivity index (χ2v) is 7.29. The summed E-state index contributed by atoms with van der Waals surface area (Å²) in [6.45, 7) is 1.30. The molecule has 2 heterocycles. The Hall–Kier alpha value is -1.27. The number of rotatable bonds is 4. The maximum atomic E-state index is 12.0. The van der Waals surface area contributed by atoms with Crippen LogP contribution in [-0.4, -0.2) is 88.3 Å². The van der Waals surface area contributed by atoms with E-state index < -0.39 is 67.5 Å². The summed E-state index contributed by atoms with van der Waals surface area (Å²) < 4.78 is 21.3. The smallest absolute Gasteiger partial charge is 0.337 e. The van der Waals surface area contributed by atoms with Crippen molar-refractivity contribution < 1.29 is 49.3 Å². The minimum Gasteiger partial charge on any atom is -0.472 e. The number of fused-ring (bicyclic) bond motifs is 1. The average Bonchev–Trinajstić information content (AvgIpc) is 2.96. The van der Waals surface area contributed by atoms with Gasteiger partial charge in [-0.3, -0.25) is 0 Å². The van der Waals surface area contributed by atoms with Gasteiger partial charge in [-0.1, -0.05) is 6.92 Å². The number of esters is 1. The summed E-state index contributed by atoms with van der Waals surface area (Å²) in [6, 6.07) is 0. The molecule has 5 N–H and O–H groups in total. The van der Waals surface area contributed by atoms with E-state index in [1.165, 1.54) is 13.4 Å². The first-order valence-electron chi connectivity index (χ1n) is 8.88. The van der Waals surface area contributed by atoms with E-state index in [4.69, 9.17) is 18.9 Å². The van der Waals surface area contributed by atoms with Gasteiger partial charge in [-0.2, -0.15) is 0 Å². The zero-order chi connectivity index (χ0) is 19.9. The van der Waals surface area contributed by atoms with E-state index in [2.05, 4.69) is 0 Å². The quantitative estimate of drug-likeness (QED) is 0.336. The van der Waals surface area contributed by atoms with Crippen LogP contribution in [-0.2, 0) is 23.7 Å². The van der Waals surface area contributed by atoms with Crippen molar-refractivity contribution in [2.45, 2.75) is 56.4 Å². The Morgan fingerprint density at radius 1 is 1.19 bits per heavy atom. The first-order valence-corrected chi connectivity index (χ1v) is 8.88. The Morgan fingerprint density at radius 2 is 1.89 bits per heavy atom. The minimum absolute atomic E-state index is 0.0757. The second kappa shape index (κ2) is 8.00. The first kappa shape index (κ1) is 20.5. The van der Waals surface area contributed by atoms with E-state index in [0.29, 0.717) is 6.42 Å². The van der Waals surface area contributed by atoms with Gasteiger partial charge in [0.25, 0.3) is 0 Å². The first-order chi connectivity index (χ1) is 12.8. The van der Waals surface area contributed by atoms with Gasteiger partial charge < -0.3 is 44.5 Å². The third kappa shape index (κ3) is 3.58. The van der Waals surface area contributed by atoms with Gasteiger partial charge in [0, 0.05) is 11.8 Å². The highest BCUT2D eigenvalue weighted by Gasteiger charge is 2.53. The molecule has 10 nitrogen and oxygen atoms in total. The Bertz CT molecular complexity index is 578. The summed E-state index contributed by atoms with van der Waals surface area (Å²) >= 11 is 0. The fourth-order valence-electron chi connectivity index (χ4n) is 4.19. The summed E-state index contributed by atoms with van der Waals surface area (Å²) in [6.07, 6.45) is -7.31. The van der Waals surface area contributed by atoms with Crippen LogP contribution in [0.4, 0.5) is 0 Å². The second-order valence-electron chi connectivity index (χ2n) is 7.29. The molecule has 0 aromatic heterocycles. The molecule has 1 saturated carbocycles. The summed E-state index contributed by atoms with van der Waals surface area (Å²) in [5, 5.41) is 49.6. The summed E-state index contributed by atoms with van der Waals surface area (Å²) in [5.41, 5.74) is 0.202. The minimum atomic E-state index is -1.58. The maximum Gasteiger partial charge on any atom is 0.337 e. The number of ether oxygens (including phenoxy) is 4. The molecule has 0 radical (unpaired) electrons. The fourth-order valence-corrected chi connectivity index (χ4v) is 4.19. The molecule has 1 saturated heterocycles. The standard InChI is InChI=1S/C17H26O10/c1-6-3-8(19)11-7(15(23)24-2)5-25-16(10(6)11)27-17-14(22)13(21)12(20)9(4-18)26-17/h5-6,8-14,16-22H,3-4H2,1-2H3/t6-,8-,9-,10-,11+,12-,13+,14-,16+,17-/m1/s1. The molecule has 0 bridgehead atoms. The van der Waals surface area contributed by atoms with E-state index >= 15 is 0 Å². The molecule has 0 spiro atoms. The Kier molecular flexibility index (Phi) is 6.06. The van der Waals surface area contributed by atoms with Gasteiger partial charge in [0.05, 0.1) is 31.7 Å². The lowest BCUT2D eigenvalue weighted by molar-refractivity contribution is -0.342. The van der Waals surface area contributed by atoms with Crippen LogP contribution in [0.25, 0.3) is 0 Å². The van der Waals surface area contributed by atoms with Crippen LogP contribution in [0.2, 0.25) is 0 Å². The molecule has 154 valence electrons. The van der Waals surface area contributed by atoms with Crippen LogP contribution in [0.15, 0.2) is 11.8 Å². The van der Waals surface area contributed by atoms with Crippen molar-refractivity contribution in [1.82, 2.24) is 0 Å². The van der Waals surface area contributed by atoms with Crippen LogP contribution < -0.4 is 0 Å². The monoisotopic (exact) mass is 390 g/mol. The molecule has 3 rings (SSSR count). The Balaban J connectivity index is 1.80. The van der Waals surface area contributed by atoms with Gasteiger partial charge in [-0.25, -0.2) is 4.79 Å². The highest BCUT2D eigenvalue weighted by molar-refractivity contribution is 5.89. The topological polar surface area (TPSA) is 155 Å². The van der Waals surface area contributed by atoms with Gasteiger partial charge in [-0.05, 0) is 12.3 Å². The van der Waals surface area contributed by atoms with E-state index in [-0.39, 0.29) is 11.5 Å². The van der Waals surface area contributed by atoms with Gasteiger partial charge in [0.1, 0.15) is 24.4 Å². The van der Waals surface area contributed by atoms with Crippen LogP contribution in [0.1, 0.15) is 13.3 Å². The largest absolute Gasteiger partial charge is 0.472 e. The van der Waals surface area contributed by atoms with E-state index in [1.807, 2.05) is 6.92 Å². The molecular weight excluding hydrogens is 364 g/mol. The molecule has 0 amide bonds. The van der Waals surface area contributed by atoms with E-state index in [1.54, 1.807) is 0 Å². The maximum absolute atomic E-state index is 12.0. The summed E-state index contributed by atoms with van der Waals surface area (Å²) in [7, 11) is 1.24. The van der Waals surface area contributed by atoms with Crippen LogP contribution in [0.5, 0.6) is 0 Å². The molecule has 0 aromatic carbocycles. The number of aliphatic hydroxyl groups excluding tert-OH is 5. The third-order valence-corrected chi connectivity index (χ3v) is 5.64. The average molecular weight is 390 g/mol. The number of hydrogen-bond acceptors (Lipinski definition) is 10. The Morgan fingerprint density at radius 3 is 2.52 bits per heavy atom. The lowest BCUT2D eigenvalue weighted by Crippen LogP contribution is -2.60. The normalized spacial score (nSPS) is 47.0. The predicted molar refractivity (Wildman–Crippen MR) is 86.6 cm³/mol. The van der Waals surface area contributed by atoms with Crippen LogP contribution in [0, 0.1) is 17.8 Å². The molecule has 2 fully saturated rings. The Labute approximate surface area is 155 Å². The molecule has 10 heteroatoms. The molecule has 27 heavy (non-hydrogen) atoms. The highest BCUT2D eigenvalue weighted by Crippen LogP contribution is 2.47. The van der Waals surface area contributed by atoms with Crippen molar-refractivity contribution >= 4 is 5.97 Å². The van der Waals surface area contributed by atoms with Gasteiger partial charge in [0.2, 0.25) is 6.29 Å². The van der Waals surface area contributed by atoms with Crippen molar-refractivity contribution in [2.75, 3.05) is 13.7 Å². The van der Waals surface area contributed by atoms with Crippen molar-refractivity contribution in [3.63, 3.8) is 0 Å². The predicted octanol–water partition coefficient (Wildman–Crippen LogP) is -2.15. The lowest BCUT2D eigenvalue weighted by atomic mass is 9.82. The summed E-state index contributed by atoms with van der Waals surface area (Å²) in [5.74, 6) is -1.68. The zero-order valence-corrected chi connectivity index (χ0v) is 15.0. The van der Waals surface area contributed by atoms with Gasteiger partial charge in [-0.15, -0.1) is 0 Å². The number of aliphatic hydroxyl groups is 5. The molecule has 3 aliphatic rings. The van der Waals surface area contributed by atoms with E-state index in [9.17, 15) is 30.3 Å². The van der Waals surface area contributed by atoms with Crippen molar-refractivity contribution in [3.8, 4) is 0 Å². The lowest BCUT2D eigenvalue weighted by Gasteiger charge is -2.43. The van der Waals surface area contributed by atoms with Crippen molar-refractivity contribution in [1.29, 1.82) is 0 Å². The number of carbonyl (C=O) groups excluding carboxylic acids is 1. The van der Waals surface area contributed by atoms with Crippen molar-refractivity contribution in [3.05, 3.63) is 11.8 Å². The molecular formula is C17H26O10. The van der Waals surface area contributed by atoms with Crippen molar-refractivity contribution in [2.24, 2.45) is 17.8 Å². The number of methoxy groups -OCH3 is 1. The fraction of sp³-hybridized carbons (Fsp3) is 0.824. The van der Waals surface area contributed by atoms with Crippen LogP contribution in [0.3, 0.4) is 0 Å². The number of hydrogen-bond donors (Lipinski definition) is 5. The molecule has 10 atom stereocenters. The SMILES string of the molecule is COC(=O)C1=CO[C@@H](O[C@H]2O[C@H](CO)[C@@H](O)[C@H](O)[C@H]2O)[C@H]2[C@@H]1[C@H](O)C[C@H]2C. The highest BCUT2D eigenvalue weighted by atomic mass is 16.8.